The van der Waals surface area contributed by atoms with E-state index in [4.69, 9.17) is 0 Å². The minimum atomic E-state index is -3.58. The van der Waals surface area contributed by atoms with E-state index in [0.717, 1.165) is 64.2 Å². The van der Waals surface area contributed by atoms with Gasteiger partial charge in [-0.15, -0.1) is 0 Å². The third-order valence-electron chi connectivity index (χ3n) is 6.53. The molecule has 4 rings (SSSR count). The molecule has 0 N–H and O–H groups in total. The van der Waals surface area contributed by atoms with Gasteiger partial charge in [0, 0.05) is 52.0 Å². The average molecular weight is 421 g/mol. The summed E-state index contributed by atoms with van der Waals surface area (Å²) in [5.74, 6) is -0.0376. The Bertz CT molecular complexity index is 859. The third kappa shape index (κ3) is 4.02. The number of likely N-dealkylation sites (tertiary alicyclic amines) is 2. The lowest BCUT2D eigenvalue weighted by Gasteiger charge is -2.26. The minimum absolute atomic E-state index is 0.0376. The minimum Gasteiger partial charge on any atom is -0.371 e. The van der Waals surface area contributed by atoms with Crippen molar-refractivity contribution in [3.05, 3.63) is 23.8 Å². The van der Waals surface area contributed by atoms with Gasteiger partial charge in [-0.05, 0) is 63.4 Å². The number of carbonyl (C=O) groups excluding carboxylic acids is 1. The Morgan fingerprint density at radius 3 is 2.31 bits per heavy atom. The van der Waals surface area contributed by atoms with Crippen molar-refractivity contribution in [3.63, 3.8) is 0 Å². The molecular formula is C21H32N4O3S. The summed E-state index contributed by atoms with van der Waals surface area (Å²) in [6.45, 7) is 5.56. The number of hydrogen-bond donors (Lipinski definition) is 0. The van der Waals surface area contributed by atoms with Gasteiger partial charge in [-0.25, -0.2) is 12.7 Å². The number of carbonyl (C=O) groups is 1. The number of amides is 1. The first-order chi connectivity index (χ1) is 13.9. The Labute approximate surface area is 174 Å². The molecule has 1 atom stereocenters. The molecule has 0 aromatic heterocycles. The van der Waals surface area contributed by atoms with Gasteiger partial charge in [-0.1, -0.05) is 0 Å². The number of sulfonamides is 1. The summed E-state index contributed by atoms with van der Waals surface area (Å²) < 4.78 is 26.5. The van der Waals surface area contributed by atoms with E-state index >= 15 is 0 Å². The van der Waals surface area contributed by atoms with Crippen LogP contribution in [0.3, 0.4) is 0 Å². The monoisotopic (exact) mass is 420 g/mol. The molecule has 0 radical (unpaired) electrons. The molecule has 29 heavy (non-hydrogen) atoms. The number of nitrogens with zero attached hydrogens (tertiary/aromatic N) is 4. The lowest BCUT2D eigenvalue weighted by molar-refractivity contribution is 0.0780. The van der Waals surface area contributed by atoms with E-state index in [1.807, 2.05) is 11.0 Å². The molecule has 3 aliphatic rings. The van der Waals surface area contributed by atoms with E-state index in [-0.39, 0.29) is 10.8 Å². The summed E-state index contributed by atoms with van der Waals surface area (Å²) in [5, 5.41) is 0. The van der Waals surface area contributed by atoms with Gasteiger partial charge in [-0.3, -0.25) is 9.69 Å². The van der Waals surface area contributed by atoms with Crippen LogP contribution in [0.2, 0.25) is 0 Å². The normalized spacial score (nSPS) is 23.5. The highest BCUT2D eigenvalue weighted by atomic mass is 32.2. The number of benzene rings is 1. The van der Waals surface area contributed by atoms with E-state index in [9.17, 15) is 13.2 Å². The summed E-state index contributed by atoms with van der Waals surface area (Å²) in [7, 11) is -0.544. The molecule has 1 amide bonds. The second kappa shape index (κ2) is 8.24. The summed E-state index contributed by atoms with van der Waals surface area (Å²) >= 11 is 0. The molecule has 0 saturated carbocycles. The van der Waals surface area contributed by atoms with Crippen LogP contribution < -0.4 is 4.90 Å². The molecule has 0 aliphatic carbocycles. The molecule has 1 aromatic carbocycles. The van der Waals surface area contributed by atoms with Crippen LogP contribution in [-0.2, 0) is 10.0 Å². The maximum atomic E-state index is 13.5. The predicted octanol–water partition coefficient (Wildman–Crippen LogP) is 1.85. The molecule has 3 aliphatic heterocycles. The van der Waals surface area contributed by atoms with E-state index in [1.165, 1.54) is 31.2 Å². The van der Waals surface area contributed by atoms with Crippen molar-refractivity contribution in [2.24, 2.45) is 0 Å². The Morgan fingerprint density at radius 2 is 1.66 bits per heavy atom. The molecule has 3 heterocycles. The maximum Gasteiger partial charge on any atom is 0.256 e. The smallest absolute Gasteiger partial charge is 0.256 e. The Morgan fingerprint density at radius 1 is 1.00 bits per heavy atom. The fourth-order valence-electron chi connectivity index (χ4n) is 4.79. The van der Waals surface area contributed by atoms with Crippen LogP contribution in [0, 0.1) is 0 Å². The second-order valence-corrected chi connectivity index (χ2v) is 10.7. The molecule has 1 unspecified atom stereocenters. The highest BCUT2D eigenvalue weighted by molar-refractivity contribution is 7.89. The predicted molar refractivity (Wildman–Crippen MR) is 114 cm³/mol. The van der Waals surface area contributed by atoms with Crippen LogP contribution in [0.4, 0.5) is 5.69 Å². The van der Waals surface area contributed by atoms with Gasteiger partial charge in [0.25, 0.3) is 5.91 Å². The van der Waals surface area contributed by atoms with E-state index < -0.39 is 10.0 Å². The van der Waals surface area contributed by atoms with Gasteiger partial charge in [-0.2, -0.15) is 0 Å². The molecule has 8 heteroatoms. The first-order valence-electron chi connectivity index (χ1n) is 10.7. The zero-order valence-corrected chi connectivity index (χ0v) is 18.3. The first-order valence-corrected chi connectivity index (χ1v) is 12.2. The molecule has 0 bridgehead atoms. The molecule has 3 saturated heterocycles. The Hall–Kier alpha value is -1.64. The van der Waals surface area contributed by atoms with Crippen molar-refractivity contribution in [2.75, 3.05) is 58.3 Å². The van der Waals surface area contributed by atoms with E-state index in [1.54, 1.807) is 12.1 Å². The van der Waals surface area contributed by atoms with Crippen LogP contribution in [0.15, 0.2) is 23.1 Å². The van der Waals surface area contributed by atoms with Crippen molar-refractivity contribution in [1.29, 1.82) is 0 Å². The lowest BCUT2D eigenvalue weighted by Crippen LogP contribution is -2.37. The van der Waals surface area contributed by atoms with Gasteiger partial charge < -0.3 is 9.80 Å². The molecular weight excluding hydrogens is 388 g/mol. The van der Waals surface area contributed by atoms with Crippen molar-refractivity contribution in [1.82, 2.24) is 14.1 Å². The first kappa shape index (κ1) is 20.6. The van der Waals surface area contributed by atoms with Crippen LogP contribution in [0.1, 0.15) is 42.5 Å². The topological polar surface area (TPSA) is 64.2 Å². The third-order valence-corrected chi connectivity index (χ3v) is 8.34. The Balaban J connectivity index is 1.63. The van der Waals surface area contributed by atoms with Crippen LogP contribution in [-0.4, -0.2) is 87.8 Å². The summed E-state index contributed by atoms with van der Waals surface area (Å²) in [4.78, 5) is 20.3. The summed E-state index contributed by atoms with van der Waals surface area (Å²) in [5.41, 5.74) is 1.40. The molecule has 7 nitrogen and oxygen atoms in total. The standard InChI is InChI=1S/C21H32N4O3S/c1-22(2)29(27,28)18-7-8-20(24-12-5-6-13-24)19(15-18)21(26)25-14-9-17(16-25)23-10-3-4-11-23/h7-8,15,17H,3-6,9-14,16H2,1-2H3. The highest BCUT2D eigenvalue weighted by Gasteiger charge is 2.34. The summed E-state index contributed by atoms with van der Waals surface area (Å²) in [6, 6.07) is 5.49. The molecule has 1 aromatic rings. The number of hydrogen-bond acceptors (Lipinski definition) is 5. The molecule has 0 spiro atoms. The average Bonchev–Trinajstić information content (AvgIpc) is 3.48. The van der Waals surface area contributed by atoms with Crippen molar-refractivity contribution < 1.29 is 13.2 Å². The zero-order valence-electron chi connectivity index (χ0n) is 17.5. The van der Waals surface area contributed by atoms with Crippen LogP contribution >= 0.6 is 0 Å². The fourth-order valence-corrected chi connectivity index (χ4v) is 5.72. The van der Waals surface area contributed by atoms with E-state index in [2.05, 4.69) is 9.80 Å². The van der Waals surface area contributed by atoms with Crippen molar-refractivity contribution in [3.8, 4) is 0 Å². The van der Waals surface area contributed by atoms with Gasteiger partial charge in [0.15, 0.2) is 0 Å². The maximum absolute atomic E-state index is 13.5. The number of rotatable bonds is 5. The molecule has 3 fully saturated rings. The van der Waals surface area contributed by atoms with E-state index in [0.29, 0.717) is 11.6 Å². The van der Waals surface area contributed by atoms with Gasteiger partial charge in [0.05, 0.1) is 10.5 Å². The lowest BCUT2D eigenvalue weighted by atomic mass is 10.1. The zero-order chi connectivity index (χ0) is 20.6. The van der Waals surface area contributed by atoms with Crippen LogP contribution in [0.25, 0.3) is 0 Å². The molecule has 160 valence electrons. The van der Waals surface area contributed by atoms with Gasteiger partial charge in [0.2, 0.25) is 10.0 Å². The van der Waals surface area contributed by atoms with Crippen molar-refractivity contribution >= 4 is 21.6 Å². The fraction of sp³-hybridized carbons (Fsp3) is 0.667. The quantitative estimate of drug-likeness (QED) is 0.727. The van der Waals surface area contributed by atoms with Crippen molar-refractivity contribution in [2.45, 2.75) is 43.0 Å². The largest absolute Gasteiger partial charge is 0.371 e. The number of anilines is 1. The van der Waals surface area contributed by atoms with Gasteiger partial charge in [0.1, 0.15) is 0 Å². The second-order valence-electron chi connectivity index (χ2n) is 8.60. The SMILES string of the molecule is CN(C)S(=O)(=O)c1ccc(N2CCCC2)c(C(=O)N2CCC(N3CCCC3)C2)c1. The Kier molecular flexibility index (Phi) is 5.86. The summed E-state index contributed by atoms with van der Waals surface area (Å²) in [6.07, 6.45) is 5.70. The van der Waals surface area contributed by atoms with Gasteiger partial charge >= 0.3 is 0 Å². The highest BCUT2D eigenvalue weighted by Crippen LogP contribution is 2.30. The van der Waals surface area contributed by atoms with Crippen LogP contribution in [0.5, 0.6) is 0 Å².